The van der Waals surface area contributed by atoms with Gasteiger partial charge in [0.25, 0.3) is 0 Å². The zero-order valence-corrected chi connectivity index (χ0v) is 12.8. The molecule has 1 atom stereocenters. The number of methoxy groups -OCH3 is 1. The molecule has 1 aromatic carbocycles. The monoisotopic (exact) mass is 325 g/mol. The first-order valence-electron chi connectivity index (χ1n) is 6.80. The molecule has 0 spiro atoms. The van der Waals surface area contributed by atoms with Crippen LogP contribution in [0, 0.1) is 0 Å². The summed E-state index contributed by atoms with van der Waals surface area (Å²) in [7, 11) is 1.44. The fraction of sp³-hybridized carbons (Fsp3) is 0.533. The molecule has 1 fully saturated rings. The third-order valence-corrected chi connectivity index (χ3v) is 4.12. The molecule has 19 heavy (non-hydrogen) atoms. The van der Waals surface area contributed by atoms with Crippen LogP contribution in [0.5, 0.6) is 0 Å². The number of ether oxygens (including phenoxy) is 1. The number of nitrogens with one attached hydrogen (secondary N) is 1. The zero-order valence-electron chi connectivity index (χ0n) is 11.2. The van der Waals surface area contributed by atoms with Crippen molar-refractivity contribution in [3.63, 3.8) is 0 Å². The standard InChI is InChI=1S/C15H20BrNO2/c1-19-15(18)14(11-6-5-7-12(16)10-11)17-13-8-3-2-4-9-13/h5-7,10,13-14,17H,2-4,8-9H2,1H3. The van der Waals surface area contributed by atoms with E-state index in [0.29, 0.717) is 6.04 Å². The molecule has 1 saturated carbocycles. The van der Waals surface area contributed by atoms with Crippen molar-refractivity contribution in [1.82, 2.24) is 5.32 Å². The molecule has 0 amide bonds. The minimum Gasteiger partial charge on any atom is -0.468 e. The van der Waals surface area contributed by atoms with Crippen LogP contribution in [-0.4, -0.2) is 19.1 Å². The van der Waals surface area contributed by atoms with Crippen molar-refractivity contribution < 1.29 is 9.53 Å². The first-order chi connectivity index (χ1) is 9.20. The SMILES string of the molecule is COC(=O)C(NC1CCCCC1)c1cccc(Br)c1. The van der Waals surface area contributed by atoms with Crippen molar-refractivity contribution in [2.75, 3.05) is 7.11 Å². The summed E-state index contributed by atoms with van der Waals surface area (Å²) in [5.74, 6) is -0.219. The number of carbonyl (C=O) groups excluding carboxylic acids is 1. The average Bonchev–Trinajstić information content (AvgIpc) is 2.45. The lowest BCUT2D eigenvalue weighted by Crippen LogP contribution is -2.38. The van der Waals surface area contributed by atoms with Crippen LogP contribution in [0.3, 0.4) is 0 Å². The molecule has 1 aliphatic rings. The van der Waals surface area contributed by atoms with E-state index in [1.807, 2.05) is 24.3 Å². The average molecular weight is 326 g/mol. The van der Waals surface area contributed by atoms with Crippen LogP contribution in [-0.2, 0) is 9.53 Å². The van der Waals surface area contributed by atoms with Gasteiger partial charge in [0.1, 0.15) is 6.04 Å². The Hall–Kier alpha value is -0.870. The molecule has 0 radical (unpaired) electrons. The van der Waals surface area contributed by atoms with Crippen LogP contribution < -0.4 is 5.32 Å². The van der Waals surface area contributed by atoms with Crippen LogP contribution in [0.25, 0.3) is 0 Å². The number of halogens is 1. The quantitative estimate of drug-likeness (QED) is 0.860. The van der Waals surface area contributed by atoms with Gasteiger partial charge in [0.05, 0.1) is 7.11 Å². The highest BCUT2D eigenvalue weighted by Crippen LogP contribution is 2.24. The minimum atomic E-state index is -0.370. The number of hydrogen-bond donors (Lipinski definition) is 1. The van der Waals surface area contributed by atoms with Crippen molar-refractivity contribution in [3.8, 4) is 0 Å². The van der Waals surface area contributed by atoms with E-state index in [0.717, 1.165) is 22.9 Å². The Balaban J connectivity index is 2.13. The second-order valence-corrected chi connectivity index (χ2v) is 5.93. The molecule has 0 heterocycles. The summed E-state index contributed by atoms with van der Waals surface area (Å²) in [6.07, 6.45) is 6.06. The highest BCUT2D eigenvalue weighted by atomic mass is 79.9. The molecule has 1 aliphatic carbocycles. The first-order valence-corrected chi connectivity index (χ1v) is 7.59. The second-order valence-electron chi connectivity index (χ2n) is 5.01. The number of rotatable bonds is 4. The fourth-order valence-corrected chi connectivity index (χ4v) is 3.03. The van der Waals surface area contributed by atoms with Crippen LogP contribution in [0.4, 0.5) is 0 Å². The zero-order chi connectivity index (χ0) is 13.7. The molecular formula is C15H20BrNO2. The maximum absolute atomic E-state index is 12.0. The number of esters is 1. The van der Waals surface area contributed by atoms with E-state index in [4.69, 9.17) is 4.74 Å². The van der Waals surface area contributed by atoms with Crippen LogP contribution in [0.15, 0.2) is 28.7 Å². The largest absolute Gasteiger partial charge is 0.468 e. The van der Waals surface area contributed by atoms with E-state index >= 15 is 0 Å². The smallest absolute Gasteiger partial charge is 0.327 e. The fourth-order valence-electron chi connectivity index (χ4n) is 2.61. The number of hydrogen-bond acceptors (Lipinski definition) is 3. The Morgan fingerprint density at radius 2 is 2.11 bits per heavy atom. The lowest BCUT2D eigenvalue weighted by molar-refractivity contribution is -0.143. The van der Waals surface area contributed by atoms with Crippen molar-refractivity contribution in [2.45, 2.75) is 44.2 Å². The molecule has 0 aliphatic heterocycles. The topological polar surface area (TPSA) is 38.3 Å². The Labute approximate surface area is 122 Å². The summed E-state index contributed by atoms with van der Waals surface area (Å²) >= 11 is 3.45. The molecule has 104 valence electrons. The maximum atomic E-state index is 12.0. The van der Waals surface area contributed by atoms with Gasteiger partial charge in [-0.05, 0) is 30.5 Å². The summed E-state index contributed by atoms with van der Waals surface area (Å²) < 4.78 is 5.91. The van der Waals surface area contributed by atoms with E-state index in [9.17, 15) is 4.79 Å². The molecular weight excluding hydrogens is 306 g/mol. The Bertz CT molecular complexity index is 430. The lowest BCUT2D eigenvalue weighted by Gasteiger charge is -2.27. The van der Waals surface area contributed by atoms with E-state index in [-0.39, 0.29) is 12.0 Å². The molecule has 1 aromatic rings. The molecule has 2 rings (SSSR count). The molecule has 3 nitrogen and oxygen atoms in total. The highest BCUT2D eigenvalue weighted by Gasteiger charge is 2.25. The molecule has 0 saturated heterocycles. The second kappa shape index (κ2) is 7.06. The van der Waals surface area contributed by atoms with Crippen molar-refractivity contribution in [2.24, 2.45) is 0 Å². The summed E-state index contributed by atoms with van der Waals surface area (Å²) in [6, 6.07) is 7.87. The molecule has 4 heteroatoms. The predicted molar refractivity (Wildman–Crippen MR) is 78.9 cm³/mol. The minimum absolute atomic E-state index is 0.219. The Morgan fingerprint density at radius 3 is 2.74 bits per heavy atom. The third kappa shape index (κ3) is 4.05. The molecule has 1 unspecified atom stereocenters. The van der Waals surface area contributed by atoms with Crippen molar-refractivity contribution >= 4 is 21.9 Å². The highest BCUT2D eigenvalue weighted by molar-refractivity contribution is 9.10. The summed E-state index contributed by atoms with van der Waals surface area (Å²) in [4.78, 5) is 12.0. The summed E-state index contributed by atoms with van der Waals surface area (Å²) in [6.45, 7) is 0. The van der Waals surface area contributed by atoms with Gasteiger partial charge in [0.15, 0.2) is 0 Å². The molecule has 0 aromatic heterocycles. The normalized spacial score (nSPS) is 18.0. The molecule has 0 bridgehead atoms. The first kappa shape index (κ1) is 14.5. The van der Waals surface area contributed by atoms with E-state index in [2.05, 4.69) is 21.2 Å². The van der Waals surface area contributed by atoms with Gasteiger partial charge in [-0.1, -0.05) is 47.3 Å². The van der Waals surface area contributed by atoms with Gasteiger partial charge in [-0.2, -0.15) is 0 Å². The van der Waals surface area contributed by atoms with Gasteiger partial charge in [-0.15, -0.1) is 0 Å². The van der Waals surface area contributed by atoms with E-state index in [1.165, 1.54) is 26.4 Å². The van der Waals surface area contributed by atoms with Crippen LogP contribution in [0.1, 0.15) is 43.7 Å². The van der Waals surface area contributed by atoms with E-state index in [1.54, 1.807) is 0 Å². The number of benzene rings is 1. The molecule has 1 N–H and O–H groups in total. The summed E-state index contributed by atoms with van der Waals surface area (Å²) in [5.41, 5.74) is 0.951. The van der Waals surface area contributed by atoms with Crippen LogP contribution in [0.2, 0.25) is 0 Å². The van der Waals surface area contributed by atoms with Crippen molar-refractivity contribution in [1.29, 1.82) is 0 Å². The van der Waals surface area contributed by atoms with E-state index < -0.39 is 0 Å². The van der Waals surface area contributed by atoms with Gasteiger partial charge in [0, 0.05) is 10.5 Å². The van der Waals surface area contributed by atoms with Gasteiger partial charge < -0.3 is 4.74 Å². The lowest BCUT2D eigenvalue weighted by atomic mass is 9.94. The third-order valence-electron chi connectivity index (χ3n) is 3.63. The van der Waals surface area contributed by atoms with Gasteiger partial charge in [0.2, 0.25) is 0 Å². The summed E-state index contributed by atoms with van der Waals surface area (Å²) in [5, 5.41) is 3.45. The van der Waals surface area contributed by atoms with Gasteiger partial charge >= 0.3 is 5.97 Å². The van der Waals surface area contributed by atoms with Crippen molar-refractivity contribution in [3.05, 3.63) is 34.3 Å². The predicted octanol–water partition coefficient (Wildman–Crippen LogP) is 3.59. The van der Waals surface area contributed by atoms with Gasteiger partial charge in [-0.25, -0.2) is 4.79 Å². The number of carbonyl (C=O) groups is 1. The van der Waals surface area contributed by atoms with Crippen LogP contribution >= 0.6 is 15.9 Å². The van der Waals surface area contributed by atoms with Gasteiger partial charge in [-0.3, -0.25) is 5.32 Å². The Kier molecular flexibility index (Phi) is 5.40. The maximum Gasteiger partial charge on any atom is 0.327 e. The Morgan fingerprint density at radius 1 is 1.37 bits per heavy atom.